The average Bonchev–Trinajstić information content (AvgIpc) is 2.45. The molecule has 21 heavy (non-hydrogen) atoms. The van der Waals surface area contributed by atoms with Crippen molar-refractivity contribution < 1.29 is 9.90 Å². The molecule has 0 aliphatic carbocycles. The molecule has 0 aromatic heterocycles. The van der Waals surface area contributed by atoms with Crippen LogP contribution < -0.4 is 5.32 Å². The minimum absolute atomic E-state index is 0.148. The number of hydrogen-bond donors (Lipinski definition) is 2. The Balaban J connectivity index is 2.04. The number of hydrogen-bond acceptors (Lipinski definition) is 2. The summed E-state index contributed by atoms with van der Waals surface area (Å²) in [7, 11) is 0. The van der Waals surface area contributed by atoms with Crippen molar-refractivity contribution in [2.45, 2.75) is 19.5 Å². The normalized spacial score (nSPS) is 12.1. The van der Waals surface area contributed by atoms with Gasteiger partial charge in [-0.1, -0.05) is 45.7 Å². The Morgan fingerprint density at radius 3 is 2.71 bits per heavy atom. The fraction of sp³-hybridized carbons (Fsp3) is 0.188. The zero-order chi connectivity index (χ0) is 15.4. The number of carboxylic acid groups (broad SMARTS) is 1. The molecule has 1 atom stereocenters. The standard InChI is InChI=1S/C16H15BrClNO2/c1-10(11-3-2-4-14(18)7-11)19-9-13-6-5-12(16(20)21)8-15(13)17/h2-8,10,19H,9H2,1H3,(H,20,21)/t10-/m0/s1. The van der Waals surface area contributed by atoms with Gasteiger partial charge in [0.05, 0.1) is 5.56 Å². The lowest BCUT2D eigenvalue weighted by Crippen LogP contribution is -2.18. The highest BCUT2D eigenvalue weighted by Crippen LogP contribution is 2.21. The molecular formula is C16H15BrClNO2. The van der Waals surface area contributed by atoms with E-state index in [2.05, 4.69) is 28.2 Å². The summed E-state index contributed by atoms with van der Waals surface area (Å²) in [5, 5.41) is 13.1. The molecule has 0 saturated carbocycles. The van der Waals surface area contributed by atoms with E-state index in [0.29, 0.717) is 11.6 Å². The fourth-order valence-corrected chi connectivity index (χ4v) is 2.70. The molecule has 0 spiro atoms. The van der Waals surface area contributed by atoms with E-state index in [9.17, 15) is 4.79 Å². The van der Waals surface area contributed by atoms with E-state index in [4.69, 9.17) is 16.7 Å². The quantitative estimate of drug-likeness (QED) is 0.807. The van der Waals surface area contributed by atoms with Crippen LogP contribution in [0.4, 0.5) is 0 Å². The number of rotatable bonds is 5. The van der Waals surface area contributed by atoms with E-state index in [-0.39, 0.29) is 11.6 Å². The van der Waals surface area contributed by atoms with Crippen molar-refractivity contribution >= 4 is 33.5 Å². The molecule has 0 radical (unpaired) electrons. The first kappa shape index (κ1) is 16.0. The monoisotopic (exact) mass is 367 g/mol. The van der Waals surface area contributed by atoms with Gasteiger partial charge < -0.3 is 10.4 Å². The van der Waals surface area contributed by atoms with Crippen molar-refractivity contribution in [3.05, 3.63) is 68.7 Å². The molecule has 0 heterocycles. The minimum Gasteiger partial charge on any atom is -0.478 e. The van der Waals surface area contributed by atoms with Gasteiger partial charge in [0.2, 0.25) is 0 Å². The summed E-state index contributed by atoms with van der Waals surface area (Å²) >= 11 is 9.40. The van der Waals surface area contributed by atoms with Crippen LogP contribution in [0.2, 0.25) is 5.02 Å². The van der Waals surface area contributed by atoms with Crippen LogP contribution in [0.1, 0.15) is 34.5 Å². The molecule has 0 aliphatic rings. The van der Waals surface area contributed by atoms with Crippen LogP contribution in [0, 0.1) is 0 Å². The van der Waals surface area contributed by atoms with Crippen LogP contribution in [-0.2, 0) is 6.54 Å². The number of halogens is 2. The van der Waals surface area contributed by atoms with Crippen LogP contribution in [0.3, 0.4) is 0 Å². The Labute approximate surface area is 137 Å². The van der Waals surface area contributed by atoms with Crippen LogP contribution in [-0.4, -0.2) is 11.1 Å². The zero-order valence-electron chi connectivity index (χ0n) is 11.4. The molecule has 0 unspecified atom stereocenters. The molecule has 0 aliphatic heterocycles. The molecule has 0 amide bonds. The summed E-state index contributed by atoms with van der Waals surface area (Å²) in [6.07, 6.45) is 0. The second kappa shape index (κ2) is 7.07. The molecular weight excluding hydrogens is 354 g/mol. The van der Waals surface area contributed by atoms with Gasteiger partial charge in [0, 0.05) is 22.1 Å². The number of carbonyl (C=O) groups is 1. The number of nitrogens with one attached hydrogen (secondary N) is 1. The van der Waals surface area contributed by atoms with Gasteiger partial charge in [-0.2, -0.15) is 0 Å². The topological polar surface area (TPSA) is 49.3 Å². The maximum atomic E-state index is 10.9. The molecule has 2 aromatic rings. The fourth-order valence-electron chi connectivity index (χ4n) is 1.98. The van der Waals surface area contributed by atoms with Crippen LogP contribution in [0.25, 0.3) is 0 Å². The van der Waals surface area contributed by atoms with Gasteiger partial charge in [0.1, 0.15) is 0 Å². The van der Waals surface area contributed by atoms with E-state index in [1.807, 2.05) is 30.3 Å². The van der Waals surface area contributed by atoms with Gasteiger partial charge >= 0.3 is 5.97 Å². The highest BCUT2D eigenvalue weighted by molar-refractivity contribution is 9.10. The number of benzene rings is 2. The summed E-state index contributed by atoms with van der Waals surface area (Å²) in [6, 6.07) is 12.9. The Morgan fingerprint density at radius 1 is 1.33 bits per heavy atom. The molecule has 3 nitrogen and oxygen atoms in total. The first-order chi connectivity index (χ1) is 9.97. The summed E-state index contributed by atoms with van der Waals surface area (Å²) in [6.45, 7) is 2.69. The lowest BCUT2D eigenvalue weighted by Gasteiger charge is -2.15. The van der Waals surface area contributed by atoms with Crippen LogP contribution >= 0.6 is 27.5 Å². The van der Waals surface area contributed by atoms with Gasteiger partial charge in [0.25, 0.3) is 0 Å². The highest BCUT2D eigenvalue weighted by atomic mass is 79.9. The van der Waals surface area contributed by atoms with Crippen LogP contribution in [0.5, 0.6) is 0 Å². The average molecular weight is 369 g/mol. The summed E-state index contributed by atoms with van der Waals surface area (Å²) in [5.74, 6) is -0.928. The minimum atomic E-state index is -0.928. The number of carboxylic acids is 1. The molecule has 110 valence electrons. The van der Waals surface area contributed by atoms with Gasteiger partial charge in [-0.3, -0.25) is 0 Å². The lowest BCUT2D eigenvalue weighted by molar-refractivity contribution is 0.0697. The predicted molar refractivity (Wildman–Crippen MR) is 87.8 cm³/mol. The van der Waals surface area contributed by atoms with Crippen molar-refractivity contribution in [3.8, 4) is 0 Å². The van der Waals surface area contributed by atoms with Crippen molar-refractivity contribution in [3.63, 3.8) is 0 Å². The third-order valence-corrected chi connectivity index (χ3v) is 4.22. The Bertz CT molecular complexity index is 660. The SMILES string of the molecule is C[C@H](NCc1ccc(C(=O)O)cc1Br)c1cccc(Cl)c1. The third-order valence-electron chi connectivity index (χ3n) is 3.25. The zero-order valence-corrected chi connectivity index (χ0v) is 13.8. The van der Waals surface area contributed by atoms with E-state index in [1.54, 1.807) is 12.1 Å². The molecule has 0 bridgehead atoms. The maximum absolute atomic E-state index is 10.9. The van der Waals surface area contributed by atoms with E-state index >= 15 is 0 Å². The van der Waals surface area contributed by atoms with Crippen LogP contribution in [0.15, 0.2) is 46.9 Å². The largest absolute Gasteiger partial charge is 0.478 e. The smallest absolute Gasteiger partial charge is 0.335 e. The maximum Gasteiger partial charge on any atom is 0.335 e. The number of aromatic carboxylic acids is 1. The predicted octanol–water partition coefficient (Wildman–Crippen LogP) is 4.65. The lowest BCUT2D eigenvalue weighted by atomic mass is 10.1. The molecule has 0 saturated heterocycles. The first-order valence-electron chi connectivity index (χ1n) is 6.48. The van der Waals surface area contributed by atoms with Gasteiger partial charge in [-0.05, 0) is 42.3 Å². The molecule has 2 aromatic carbocycles. The Kier molecular flexibility index (Phi) is 5.39. The molecule has 0 fully saturated rings. The molecule has 5 heteroatoms. The van der Waals surface area contributed by atoms with E-state index in [0.717, 1.165) is 15.6 Å². The second-order valence-electron chi connectivity index (χ2n) is 4.77. The van der Waals surface area contributed by atoms with Crippen molar-refractivity contribution in [2.75, 3.05) is 0 Å². The van der Waals surface area contributed by atoms with Gasteiger partial charge in [-0.15, -0.1) is 0 Å². The highest BCUT2D eigenvalue weighted by Gasteiger charge is 2.09. The van der Waals surface area contributed by atoms with E-state index < -0.39 is 5.97 Å². The van der Waals surface area contributed by atoms with E-state index in [1.165, 1.54) is 0 Å². The van der Waals surface area contributed by atoms with Gasteiger partial charge in [-0.25, -0.2) is 4.79 Å². The third kappa shape index (κ3) is 4.30. The van der Waals surface area contributed by atoms with Crippen molar-refractivity contribution in [2.24, 2.45) is 0 Å². The van der Waals surface area contributed by atoms with Crippen molar-refractivity contribution in [1.82, 2.24) is 5.32 Å². The Hall–Kier alpha value is -1.36. The van der Waals surface area contributed by atoms with Crippen molar-refractivity contribution in [1.29, 1.82) is 0 Å². The molecule has 2 N–H and O–H groups in total. The summed E-state index contributed by atoms with van der Waals surface area (Å²) in [5.41, 5.74) is 2.39. The first-order valence-corrected chi connectivity index (χ1v) is 7.65. The summed E-state index contributed by atoms with van der Waals surface area (Å²) in [4.78, 5) is 10.9. The Morgan fingerprint density at radius 2 is 2.10 bits per heavy atom. The second-order valence-corrected chi connectivity index (χ2v) is 6.06. The van der Waals surface area contributed by atoms with Gasteiger partial charge in [0.15, 0.2) is 0 Å². The molecule has 2 rings (SSSR count). The summed E-state index contributed by atoms with van der Waals surface area (Å²) < 4.78 is 0.785.